The van der Waals surface area contributed by atoms with E-state index in [4.69, 9.17) is 10.5 Å². The third-order valence-electron chi connectivity index (χ3n) is 2.21. The summed E-state index contributed by atoms with van der Waals surface area (Å²) in [5, 5.41) is 0.687. The van der Waals surface area contributed by atoms with Crippen molar-refractivity contribution >= 4 is 23.4 Å². The lowest BCUT2D eigenvalue weighted by Crippen LogP contribution is -2.06. The first-order chi connectivity index (χ1) is 8.04. The van der Waals surface area contributed by atoms with E-state index in [-0.39, 0.29) is 0 Å². The highest BCUT2D eigenvalue weighted by atomic mass is 32.2. The quantitative estimate of drug-likeness (QED) is 0.646. The highest BCUT2D eigenvalue weighted by Crippen LogP contribution is 2.24. The van der Waals surface area contributed by atoms with Crippen LogP contribution in [0.3, 0.4) is 0 Å². The lowest BCUT2D eigenvalue weighted by atomic mass is 10.2. The van der Waals surface area contributed by atoms with Crippen LogP contribution in [0, 0.1) is 5.92 Å². The van der Waals surface area contributed by atoms with Crippen LogP contribution in [0.5, 0.6) is 0 Å². The molecule has 0 spiro atoms. The van der Waals surface area contributed by atoms with E-state index in [1.165, 1.54) is 7.11 Å². The largest absolute Gasteiger partial charge is 0.465 e. The van der Waals surface area contributed by atoms with Crippen LogP contribution < -0.4 is 5.73 Å². The molecular formula is C12H18N2O2S. The number of aromatic nitrogens is 1. The second-order valence-corrected chi connectivity index (χ2v) is 5.23. The number of methoxy groups -OCH3 is 1. The Labute approximate surface area is 106 Å². The predicted molar refractivity (Wildman–Crippen MR) is 70.2 cm³/mol. The summed E-state index contributed by atoms with van der Waals surface area (Å²) in [7, 11) is 1.36. The van der Waals surface area contributed by atoms with Crippen molar-refractivity contribution in [2.45, 2.75) is 25.3 Å². The number of esters is 1. The maximum Gasteiger partial charge on any atom is 0.340 e. The van der Waals surface area contributed by atoms with Gasteiger partial charge in [-0.1, -0.05) is 13.8 Å². The van der Waals surface area contributed by atoms with Gasteiger partial charge in [0.05, 0.1) is 24.6 Å². The third-order valence-corrected chi connectivity index (χ3v) is 3.25. The molecule has 1 rings (SSSR count). The summed E-state index contributed by atoms with van der Waals surface area (Å²) >= 11 is 1.56. The van der Waals surface area contributed by atoms with Crippen molar-refractivity contribution in [3.05, 3.63) is 17.8 Å². The molecule has 0 aromatic carbocycles. The highest BCUT2D eigenvalue weighted by molar-refractivity contribution is 7.99. The monoisotopic (exact) mass is 254 g/mol. The van der Waals surface area contributed by atoms with Gasteiger partial charge in [0.15, 0.2) is 0 Å². The summed E-state index contributed by atoms with van der Waals surface area (Å²) in [5.41, 5.74) is 6.53. The first kappa shape index (κ1) is 13.8. The zero-order valence-electron chi connectivity index (χ0n) is 10.4. The van der Waals surface area contributed by atoms with Crippen molar-refractivity contribution in [1.82, 2.24) is 4.98 Å². The summed E-state index contributed by atoms with van der Waals surface area (Å²) < 4.78 is 4.71. The zero-order valence-corrected chi connectivity index (χ0v) is 11.2. The Morgan fingerprint density at radius 1 is 1.59 bits per heavy atom. The molecule has 0 fully saturated rings. The molecule has 0 unspecified atom stereocenters. The van der Waals surface area contributed by atoms with Crippen LogP contribution in [0.4, 0.5) is 5.69 Å². The topological polar surface area (TPSA) is 65.2 Å². The Kier molecular flexibility index (Phi) is 5.28. The lowest BCUT2D eigenvalue weighted by molar-refractivity contribution is 0.0596. The molecular weight excluding hydrogens is 236 g/mol. The van der Waals surface area contributed by atoms with Crippen LogP contribution in [0.1, 0.15) is 30.6 Å². The van der Waals surface area contributed by atoms with Crippen molar-refractivity contribution < 1.29 is 9.53 Å². The number of hydrogen-bond acceptors (Lipinski definition) is 5. The van der Waals surface area contributed by atoms with Crippen LogP contribution in [-0.4, -0.2) is 23.8 Å². The van der Waals surface area contributed by atoms with Crippen LogP contribution in [-0.2, 0) is 4.74 Å². The van der Waals surface area contributed by atoms with Crippen LogP contribution in [0.2, 0.25) is 0 Å². The fourth-order valence-electron chi connectivity index (χ4n) is 1.23. The maximum atomic E-state index is 11.6. The van der Waals surface area contributed by atoms with E-state index in [1.807, 2.05) is 0 Å². The van der Waals surface area contributed by atoms with Gasteiger partial charge in [0, 0.05) is 0 Å². The maximum absolute atomic E-state index is 11.6. The minimum absolute atomic E-state index is 0.392. The first-order valence-corrected chi connectivity index (χ1v) is 6.49. The van der Waals surface area contributed by atoms with Gasteiger partial charge in [-0.2, -0.15) is 0 Å². The molecule has 0 saturated carbocycles. The average Bonchev–Trinajstić information content (AvgIpc) is 2.29. The van der Waals surface area contributed by atoms with Gasteiger partial charge in [-0.05, 0) is 24.2 Å². The number of nitrogen functional groups attached to an aromatic ring is 1. The third kappa shape index (κ3) is 4.26. The number of pyridine rings is 1. The van der Waals surface area contributed by atoms with Crippen molar-refractivity contribution in [3.8, 4) is 0 Å². The van der Waals surface area contributed by atoms with E-state index in [0.717, 1.165) is 12.2 Å². The van der Waals surface area contributed by atoms with E-state index in [2.05, 4.69) is 18.8 Å². The Morgan fingerprint density at radius 3 is 2.88 bits per heavy atom. The minimum Gasteiger partial charge on any atom is -0.465 e. The van der Waals surface area contributed by atoms with E-state index >= 15 is 0 Å². The number of nitrogens with zero attached hydrogens (tertiary/aromatic N) is 1. The molecule has 94 valence electrons. The molecule has 0 atom stereocenters. The second kappa shape index (κ2) is 6.49. The van der Waals surface area contributed by atoms with E-state index < -0.39 is 5.97 Å². The number of thioether (sulfide) groups is 1. The second-order valence-electron chi connectivity index (χ2n) is 4.14. The molecule has 1 aromatic rings. The number of rotatable bonds is 5. The molecule has 0 aliphatic carbocycles. The number of ether oxygens (including phenoxy) is 1. The van der Waals surface area contributed by atoms with E-state index in [9.17, 15) is 4.79 Å². The molecule has 0 aliphatic heterocycles. The molecule has 0 radical (unpaired) electrons. The molecule has 17 heavy (non-hydrogen) atoms. The Balaban J connectivity index is 2.79. The molecule has 0 aliphatic rings. The molecule has 0 amide bonds. The average molecular weight is 254 g/mol. The van der Waals surface area contributed by atoms with Gasteiger partial charge in [-0.25, -0.2) is 9.78 Å². The van der Waals surface area contributed by atoms with E-state index in [0.29, 0.717) is 22.2 Å². The molecule has 1 heterocycles. The number of carbonyl (C=O) groups excluding carboxylic acids is 1. The van der Waals surface area contributed by atoms with Crippen molar-refractivity contribution in [2.24, 2.45) is 5.92 Å². The minimum atomic E-state index is -0.392. The molecule has 0 bridgehead atoms. The van der Waals surface area contributed by atoms with Gasteiger partial charge in [0.25, 0.3) is 0 Å². The summed E-state index contributed by atoms with van der Waals surface area (Å²) in [6.45, 7) is 4.33. The molecule has 2 N–H and O–H groups in total. The zero-order chi connectivity index (χ0) is 12.8. The molecule has 0 saturated heterocycles. The number of nitrogens with two attached hydrogens (primary N) is 1. The van der Waals surface area contributed by atoms with Crippen LogP contribution >= 0.6 is 11.8 Å². The predicted octanol–water partition coefficient (Wildman–Crippen LogP) is 2.59. The molecule has 4 nitrogen and oxygen atoms in total. The highest BCUT2D eigenvalue weighted by Gasteiger charge is 2.14. The van der Waals surface area contributed by atoms with Gasteiger partial charge in [-0.15, -0.1) is 11.8 Å². The Morgan fingerprint density at radius 2 is 2.29 bits per heavy atom. The van der Waals surface area contributed by atoms with Gasteiger partial charge >= 0.3 is 5.97 Å². The van der Waals surface area contributed by atoms with Gasteiger partial charge in [0.1, 0.15) is 5.03 Å². The molecule has 5 heteroatoms. The summed E-state index contributed by atoms with van der Waals surface area (Å²) in [4.78, 5) is 15.7. The summed E-state index contributed by atoms with van der Waals surface area (Å²) in [6, 6.07) is 1.61. The van der Waals surface area contributed by atoms with Gasteiger partial charge < -0.3 is 10.5 Å². The number of anilines is 1. The van der Waals surface area contributed by atoms with Crippen molar-refractivity contribution in [3.63, 3.8) is 0 Å². The Bertz CT molecular complexity index is 394. The van der Waals surface area contributed by atoms with Gasteiger partial charge in [0.2, 0.25) is 0 Å². The van der Waals surface area contributed by atoms with Crippen molar-refractivity contribution in [1.29, 1.82) is 0 Å². The normalized spacial score (nSPS) is 10.6. The standard InChI is InChI=1S/C12H18N2O2S/c1-8(2)4-5-17-11-10(12(15)16-3)6-9(13)7-14-11/h6-8H,4-5,13H2,1-3H3. The fourth-order valence-corrected chi connectivity index (χ4v) is 2.44. The molecule has 1 aromatic heterocycles. The summed E-state index contributed by atoms with van der Waals surface area (Å²) in [5.74, 6) is 1.17. The fraction of sp³-hybridized carbons (Fsp3) is 0.500. The lowest BCUT2D eigenvalue weighted by Gasteiger charge is -2.08. The SMILES string of the molecule is COC(=O)c1cc(N)cnc1SCCC(C)C. The number of carbonyl (C=O) groups is 1. The van der Waals surface area contributed by atoms with E-state index in [1.54, 1.807) is 24.0 Å². The van der Waals surface area contributed by atoms with Gasteiger partial charge in [-0.3, -0.25) is 0 Å². The summed E-state index contributed by atoms with van der Waals surface area (Å²) in [6.07, 6.45) is 2.64. The van der Waals surface area contributed by atoms with Crippen LogP contribution in [0.15, 0.2) is 17.3 Å². The van der Waals surface area contributed by atoms with Crippen molar-refractivity contribution in [2.75, 3.05) is 18.6 Å². The first-order valence-electron chi connectivity index (χ1n) is 5.51. The van der Waals surface area contributed by atoms with Crippen LogP contribution in [0.25, 0.3) is 0 Å². The Hall–Kier alpha value is -1.23. The smallest absolute Gasteiger partial charge is 0.340 e. The number of hydrogen-bond donors (Lipinski definition) is 1.